The summed E-state index contributed by atoms with van der Waals surface area (Å²) >= 11 is 0. The van der Waals surface area contributed by atoms with Crippen molar-refractivity contribution in [3.05, 3.63) is 12.3 Å². The molecule has 0 aliphatic carbocycles. The molecule has 1 atom stereocenters. The number of ether oxygens (including phenoxy) is 1. The van der Waals surface area contributed by atoms with Gasteiger partial charge < -0.3 is 19.6 Å². The molecule has 3 aliphatic heterocycles. The van der Waals surface area contributed by atoms with Gasteiger partial charge in [-0.2, -0.15) is 4.98 Å². The molecule has 3 fully saturated rings. The smallest absolute Gasteiger partial charge is 0.227 e. The lowest BCUT2D eigenvalue weighted by Gasteiger charge is -2.38. The summed E-state index contributed by atoms with van der Waals surface area (Å²) in [5.74, 6) is 1.74. The van der Waals surface area contributed by atoms with Gasteiger partial charge in [-0.05, 0) is 38.2 Å². The van der Waals surface area contributed by atoms with Crippen molar-refractivity contribution >= 4 is 11.8 Å². The van der Waals surface area contributed by atoms with Gasteiger partial charge >= 0.3 is 0 Å². The molecule has 3 saturated heterocycles. The topological polar surface area (TPSA) is 61.7 Å². The van der Waals surface area contributed by atoms with Crippen LogP contribution in [0.3, 0.4) is 0 Å². The van der Waals surface area contributed by atoms with Crippen molar-refractivity contribution in [2.24, 2.45) is 0 Å². The van der Waals surface area contributed by atoms with Crippen molar-refractivity contribution in [3.63, 3.8) is 0 Å². The van der Waals surface area contributed by atoms with Crippen molar-refractivity contribution in [1.29, 1.82) is 0 Å². The molecule has 0 unspecified atom stereocenters. The summed E-state index contributed by atoms with van der Waals surface area (Å²) in [6, 6.07) is 1.94. The predicted molar refractivity (Wildman–Crippen MR) is 84.2 cm³/mol. The summed E-state index contributed by atoms with van der Waals surface area (Å²) in [5.41, 5.74) is 0.132. The van der Waals surface area contributed by atoms with E-state index < -0.39 is 0 Å². The Morgan fingerprint density at radius 3 is 2.73 bits per heavy atom. The third-order valence-electron chi connectivity index (χ3n) is 5.26. The minimum absolute atomic E-state index is 0.132. The number of piperidine rings is 1. The van der Waals surface area contributed by atoms with E-state index in [1.54, 1.807) is 0 Å². The zero-order valence-electron chi connectivity index (χ0n) is 12.9. The maximum Gasteiger partial charge on any atom is 0.227 e. The van der Waals surface area contributed by atoms with Gasteiger partial charge in [0.1, 0.15) is 5.82 Å². The Morgan fingerprint density at radius 2 is 2.05 bits per heavy atom. The lowest BCUT2D eigenvalue weighted by atomic mass is 9.89. The number of aliphatic hydroxyl groups is 1. The van der Waals surface area contributed by atoms with Gasteiger partial charge in [0.05, 0.1) is 11.7 Å². The second kappa shape index (κ2) is 5.66. The van der Waals surface area contributed by atoms with Gasteiger partial charge in [0.25, 0.3) is 0 Å². The van der Waals surface area contributed by atoms with Gasteiger partial charge in [0.15, 0.2) is 0 Å². The summed E-state index contributed by atoms with van der Waals surface area (Å²) in [4.78, 5) is 13.6. The van der Waals surface area contributed by atoms with E-state index in [-0.39, 0.29) is 11.7 Å². The molecule has 120 valence electrons. The van der Waals surface area contributed by atoms with Crippen LogP contribution in [0, 0.1) is 0 Å². The molecule has 4 heterocycles. The third kappa shape index (κ3) is 2.65. The number of nitrogens with zero attached hydrogens (tertiary/aromatic N) is 4. The molecule has 6 heteroatoms. The second-order valence-electron chi connectivity index (χ2n) is 6.73. The highest BCUT2D eigenvalue weighted by atomic mass is 16.5. The summed E-state index contributed by atoms with van der Waals surface area (Å²) in [6.45, 7) is 4.39. The van der Waals surface area contributed by atoms with E-state index in [0.29, 0.717) is 6.54 Å². The number of hydrogen-bond donors (Lipinski definition) is 1. The fourth-order valence-corrected chi connectivity index (χ4v) is 3.88. The van der Waals surface area contributed by atoms with Crippen LogP contribution in [0.15, 0.2) is 12.3 Å². The molecule has 3 aliphatic rings. The molecule has 1 aromatic heterocycles. The molecule has 0 radical (unpaired) electrons. The first-order chi connectivity index (χ1) is 10.7. The highest BCUT2D eigenvalue weighted by Crippen LogP contribution is 2.36. The number of hydrogen-bond acceptors (Lipinski definition) is 6. The van der Waals surface area contributed by atoms with Gasteiger partial charge in [-0.15, -0.1) is 0 Å². The van der Waals surface area contributed by atoms with Gasteiger partial charge in [-0.1, -0.05) is 0 Å². The van der Waals surface area contributed by atoms with Gasteiger partial charge in [0, 0.05) is 39.0 Å². The van der Waals surface area contributed by atoms with E-state index in [9.17, 15) is 5.11 Å². The average Bonchev–Trinajstić information content (AvgIpc) is 3.18. The summed E-state index contributed by atoms with van der Waals surface area (Å²) in [7, 11) is 0. The summed E-state index contributed by atoms with van der Waals surface area (Å²) in [6.07, 6.45) is 6.97. The Bertz CT molecular complexity index is 523. The van der Waals surface area contributed by atoms with Crippen LogP contribution in [0.25, 0.3) is 0 Å². The SMILES string of the molecule is O[C@@H]1CCN(c2ccnc(N3CCC4(CCCO4)CC3)n2)C1. The lowest BCUT2D eigenvalue weighted by molar-refractivity contribution is -0.0147. The van der Waals surface area contributed by atoms with Crippen molar-refractivity contribution < 1.29 is 9.84 Å². The van der Waals surface area contributed by atoms with E-state index >= 15 is 0 Å². The lowest BCUT2D eigenvalue weighted by Crippen LogP contribution is -2.44. The Morgan fingerprint density at radius 1 is 1.18 bits per heavy atom. The first kappa shape index (κ1) is 14.2. The summed E-state index contributed by atoms with van der Waals surface area (Å²) in [5, 5.41) is 9.69. The van der Waals surface area contributed by atoms with E-state index in [0.717, 1.165) is 57.3 Å². The van der Waals surface area contributed by atoms with Crippen LogP contribution in [0.1, 0.15) is 32.1 Å². The minimum atomic E-state index is -0.229. The third-order valence-corrected chi connectivity index (χ3v) is 5.26. The van der Waals surface area contributed by atoms with E-state index in [2.05, 4.69) is 14.8 Å². The molecule has 0 saturated carbocycles. The molecule has 22 heavy (non-hydrogen) atoms. The Kier molecular flexibility index (Phi) is 3.66. The summed E-state index contributed by atoms with van der Waals surface area (Å²) < 4.78 is 5.98. The van der Waals surface area contributed by atoms with Crippen molar-refractivity contribution in [1.82, 2.24) is 9.97 Å². The first-order valence-corrected chi connectivity index (χ1v) is 8.39. The largest absolute Gasteiger partial charge is 0.391 e. The van der Waals surface area contributed by atoms with Crippen LogP contribution in [0.5, 0.6) is 0 Å². The molecule has 1 aromatic rings. The number of aromatic nitrogens is 2. The van der Waals surface area contributed by atoms with E-state index in [1.807, 2.05) is 12.3 Å². The van der Waals surface area contributed by atoms with Crippen molar-refractivity contribution in [3.8, 4) is 0 Å². The number of β-amino-alcohol motifs (C(OH)–C–C–N with tert-alkyl or cyclic N) is 1. The van der Waals surface area contributed by atoms with Crippen molar-refractivity contribution in [2.45, 2.75) is 43.8 Å². The minimum Gasteiger partial charge on any atom is -0.391 e. The van der Waals surface area contributed by atoms with Gasteiger partial charge in [-0.25, -0.2) is 4.98 Å². The average molecular weight is 304 g/mol. The predicted octanol–water partition coefficient (Wildman–Crippen LogP) is 1.20. The quantitative estimate of drug-likeness (QED) is 0.886. The zero-order valence-corrected chi connectivity index (χ0v) is 12.9. The number of rotatable bonds is 2. The van der Waals surface area contributed by atoms with Crippen LogP contribution in [0.2, 0.25) is 0 Å². The van der Waals surface area contributed by atoms with Gasteiger partial charge in [0.2, 0.25) is 5.95 Å². The molecular formula is C16H24N4O2. The number of aliphatic hydroxyl groups excluding tert-OH is 1. The second-order valence-corrected chi connectivity index (χ2v) is 6.73. The molecule has 0 amide bonds. The molecule has 1 N–H and O–H groups in total. The van der Waals surface area contributed by atoms with E-state index in [4.69, 9.17) is 9.72 Å². The fourth-order valence-electron chi connectivity index (χ4n) is 3.88. The standard InChI is InChI=1S/C16H24N4O2/c21-13-3-8-20(12-13)14-2-7-17-15(18-14)19-9-5-16(6-10-19)4-1-11-22-16/h2,7,13,21H,1,3-6,8-12H2/t13-/m1/s1. The highest BCUT2D eigenvalue weighted by Gasteiger charge is 2.38. The Balaban J connectivity index is 1.45. The van der Waals surface area contributed by atoms with Crippen LogP contribution < -0.4 is 9.80 Å². The fraction of sp³-hybridized carbons (Fsp3) is 0.750. The molecule has 4 rings (SSSR count). The monoisotopic (exact) mass is 304 g/mol. The van der Waals surface area contributed by atoms with Crippen LogP contribution >= 0.6 is 0 Å². The molecular weight excluding hydrogens is 280 g/mol. The Labute approximate surface area is 131 Å². The van der Waals surface area contributed by atoms with Crippen molar-refractivity contribution in [2.75, 3.05) is 42.6 Å². The van der Waals surface area contributed by atoms with Crippen LogP contribution in [0.4, 0.5) is 11.8 Å². The Hall–Kier alpha value is -1.40. The zero-order chi connectivity index (χ0) is 15.0. The maximum atomic E-state index is 9.69. The highest BCUT2D eigenvalue weighted by molar-refractivity contribution is 5.45. The molecule has 6 nitrogen and oxygen atoms in total. The molecule has 1 spiro atoms. The van der Waals surface area contributed by atoms with E-state index in [1.165, 1.54) is 12.8 Å². The normalized spacial score (nSPS) is 27.8. The van der Waals surface area contributed by atoms with Crippen LogP contribution in [-0.2, 0) is 4.74 Å². The molecule has 0 bridgehead atoms. The maximum absolute atomic E-state index is 9.69. The first-order valence-electron chi connectivity index (χ1n) is 8.39. The molecule has 0 aromatic carbocycles. The number of anilines is 2. The van der Waals surface area contributed by atoms with Crippen LogP contribution in [-0.4, -0.2) is 59.6 Å². The van der Waals surface area contributed by atoms with Gasteiger partial charge in [-0.3, -0.25) is 0 Å².